The summed E-state index contributed by atoms with van der Waals surface area (Å²) in [5, 5.41) is 2.83. The lowest BCUT2D eigenvalue weighted by molar-refractivity contribution is -0.116. The summed E-state index contributed by atoms with van der Waals surface area (Å²) in [4.78, 5) is 26.8. The van der Waals surface area contributed by atoms with Crippen LogP contribution in [0.3, 0.4) is 0 Å². The average Bonchev–Trinajstić information content (AvgIpc) is 2.78. The number of para-hydroxylation sites is 3. The zero-order valence-corrected chi connectivity index (χ0v) is 11.6. The number of anilines is 1. The van der Waals surface area contributed by atoms with Crippen molar-refractivity contribution in [3.05, 3.63) is 64.6 Å². The van der Waals surface area contributed by atoms with Gasteiger partial charge in [0.25, 0.3) is 0 Å². The smallest absolute Gasteiger partial charge is 0.324 e. The SMILES string of the molecule is Cc1ccccc1NC(=O)Cn1c(=O)[nH]c2ccccc21. The summed E-state index contributed by atoms with van der Waals surface area (Å²) in [5.74, 6) is -0.226. The van der Waals surface area contributed by atoms with Crippen LogP contribution in [0.4, 0.5) is 5.69 Å². The Labute approximate surface area is 121 Å². The van der Waals surface area contributed by atoms with E-state index in [9.17, 15) is 9.59 Å². The zero-order valence-electron chi connectivity index (χ0n) is 11.6. The molecule has 0 radical (unpaired) electrons. The van der Waals surface area contributed by atoms with E-state index in [1.807, 2.05) is 55.5 Å². The third kappa shape index (κ3) is 2.58. The van der Waals surface area contributed by atoms with Gasteiger partial charge >= 0.3 is 5.69 Å². The van der Waals surface area contributed by atoms with Crippen molar-refractivity contribution in [2.75, 3.05) is 5.32 Å². The minimum atomic E-state index is -0.281. The summed E-state index contributed by atoms with van der Waals surface area (Å²) in [7, 11) is 0. The molecule has 0 atom stereocenters. The quantitative estimate of drug-likeness (QED) is 0.773. The van der Waals surface area contributed by atoms with Crippen molar-refractivity contribution in [1.29, 1.82) is 0 Å². The van der Waals surface area contributed by atoms with Gasteiger partial charge in [0, 0.05) is 5.69 Å². The first-order valence-corrected chi connectivity index (χ1v) is 6.68. The highest BCUT2D eigenvalue weighted by atomic mass is 16.2. The van der Waals surface area contributed by atoms with E-state index in [1.54, 1.807) is 0 Å². The fourth-order valence-electron chi connectivity index (χ4n) is 2.31. The molecule has 0 unspecified atom stereocenters. The number of imidazole rings is 1. The Kier molecular flexibility index (Phi) is 3.31. The number of nitrogens with zero attached hydrogens (tertiary/aromatic N) is 1. The van der Waals surface area contributed by atoms with Crippen molar-refractivity contribution in [2.45, 2.75) is 13.5 Å². The number of fused-ring (bicyclic) bond motifs is 1. The second-order valence-corrected chi connectivity index (χ2v) is 4.90. The molecule has 1 aromatic heterocycles. The third-order valence-electron chi connectivity index (χ3n) is 3.40. The standard InChI is InChI=1S/C16H15N3O2/c1-11-6-2-3-7-12(11)17-15(20)10-19-14-9-5-4-8-13(14)18-16(19)21/h2-9H,10H2,1H3,(H,17,20)(H,18,21). The largest absolute Gasteiger partial charge is 0.326 e. The summed E-state index contributed by atoms with van der Waals surface area (Å²) in [6, 6.07) is 14.8. The number of hydrogen-bond acceptors (Lipinski definition) is 2. The number of nitrogens with one attached hydrogen (secondary N) is 2. The van der Waals surface area contributed by atoms with Crippen LogP contribution in [0.25, 0.3) is 11.0 Å². The molecular formula is C16H15N3O2. The Morgan fingerprint density at radius 3 is 2.67 bits per heavy atom. The van der Waals surface area contributed by atoms with Gasteiger partial charge in [0.05, 0.1) is 11.0 Å². The van der Waals surface area contributed by atoms with E-state index in [-0.39, 0.29) is 18.1 Å². The molecule has 0 saturated heterocycles. The van der Waals surface area contributed by atoms with Crippen LogP contribution in [0.2, 0.25) is 0 Å². The van der Waals surface area contributed by atoms with Crippen LogP contribution in [0, 0.1) is 6.92 Å². The Hall–Kier alpha value is -2.82. The number of rotatable bonds is 3. The summed E-state index contributed by atoms with van der Waals surface area (Å²) in [6.07, 6.45) is 0. The van der Waals surface area contributed by atoms with Crippen molar-refractivity contribution in [1.82, 2.24) is 9.55 Å². The van der Waals surface area contributed by atoms with Gasteiger partial charge in [0.1, 0.15) is 6.54 Å². The molecule has 0 spiro atoms. The average molecular weight is 281 g/mol. The fourth-order valence-corrected chi connectivity index (χ4v) is 2.31. The van der Waals surface area contributed by atoms with Gasteiger partial charge in [-0.05, 0) is 30.7 Å². The molecular weight excluding hydrogens is 266 g/mol. The number of aromatic amines is 1. The molecule has 1 amide bonds. The lowest BCUT2D eigenvalue weighted by Gasteiger charge is -2.08. The van der Waals surface area contributed by atoms with Crippen molar-refractivity contribution >= 4 is 22.6 Å². The lowest BCUT2D eigenvalue weighted by atomic mass is 10.2. The molecule has 0 fully saturated rings. The highest BCUT2D eigenvalue weighted by molar-refractivity contribution is 5.92. The summed E-state index contributed by atoms with van der Waals surface area (Å²) < 4.78 is 1.43. The number of carbonyl (C=O) groups is 1. The summed E-state index contributed by atoms with van der Waals surface area (Å²) in [6.45, 7) is 1.91. The summed E-state index contributed by atoms with van der Waals surface area (Å²) >= 11 is 0. The lowest BCUT2D eigenvalue weighted by Crippen LogP contribution is -2.26. The van der Waals surface area contributed by atoms with Gasteiger partial charge < -0.3 is 10.3 Å². The van der Waals surface area contributed by atoms with Gasteiger partial charge in [0.15, 0.2) is 0 Å². The van der Waals surface area contributed by atoms with E-state index < -0.39 is 0 Å². The van der Waals surface area contributed by atoms with Crippen molar-refractivity contribution in [3.8, 4) is 0 Å². The monoisotopic (exact) mass is 281 g/mol. The molecule has 3 rings (SSSR count). The van der Waals surface area contributed by atoms with Crippen LogP contribution in [-0.4, -0.2) is 15.5 Å². The third-order valence-corrected chi connectivity index (χ3v) is 3.40. The van der Waals surface area contributed by atoms with Crippen LogP contribution < -0.4 is 11.0 Å². The molecule has 106 valence electrons. The Bertz CT molecular complexity index is 861. The van der Waals surface area contributed by atoms with Crippen molar-refractivity contribution < 1.29 is 4.79 Å². The van der Waals surface area contributed by atoms with E-state index in [4.69, 9.17) is 0 Å². The van der Waals surface area contributed by atoms with Gasteiger partial charge in [-0.2, -0.15) is 0 Å². The Balaban J connectivity index is 1.86. The number of aryl methyl sites for hydroxylation is 1. The molecule has 0 bridgehead atoms. The van der Waals surface area contributed by atoms with Gasteiger partial charge in [-0.25, -0.2) is 4.79 Å². The van der Waals surface area contributed by atoms with Crippen LogP contribution in [0.15, 0.2) is 53.3 Å². The van der Waals surface area contributed by atoms with E-state index in [0.717, 1.165) is 22.3 Å². The van der Waals surface area contributed by atoms with Crippen LogP contribution in [-0.2, 0) is 11.3 Å². The van der Waals surface area contributed by atoms with Crippen LogP contribution >= 0.6 is 0 Å². The molecule has 1 heterocycles. The number of carbonyl (C=O) groups excluding carboxylic acids is 1. The second kappa shape index (κ2) is 5.28. The number of H-pyrrole nitrogens is 1. The van der Waals surface area contributed by atoms with E-state index in [1.165, 1.54) is 4.57 Å². The molecule has 0 aliphatic rings. The molecule has 0 saturated carbocycles. The maximum atomic E-state index is 12.1. The Morgan fingerprint density at radius 1 is 1.14 bits per heavy atom. The molecule has 2 aromatic carbocycles. The summed E-state index contributed by atoms with van der Waals surface area (Å²) in [5.41, 5.74) is 2.91. The van der Waals surface area contributed by atoms with Gasteiger partial charge in [0.2, 0.25) is 5.91 Å². The zero-order chi connectivity index (χ0) is 14.8. The van der Waals surface area contributed by atoms with Crippen LogP contribution in [0.1, 0.15) is 5.56 Å². The maximum Gasteiger partial charge on any atom is 0.326 e. The first-order valence-electron chi connectivity index (χ1n) is 6.68. The molecule has 21 heavy (non-hydrogen) atoms. The molecule has 0 aliphatic heterocycles. The molecule has 5 nitrogen and oxygen atoms in total. The molecule has 3 aromatic rings. The first-order chi connectivity index (χ1) is 10.1. The minimum absolute atomic E-state index is 0.0167. The van der Waals surface area contributed by atoms with E-state index >= 15 is 0 Å². The first kappa shape index (κ1) is 13.2. The number of benzene rings is 2. The highest BCUT2D eigenvalue weighted by Crippen LogP contribution is 2.14. The van der Waals surface area contributed by atoms with Crippen molar-refractivity contribution in [2.24, 2.45) is 0 Å². The topological polar surface area (TPSA) is 66.9 Å². The number of amides is 1. The highest BCUT2D eigenvalue weighted by Gasteiger charge is 2.11. The number of hydrogen-bond donors (Lipinski definition) is 2. The Morgan fingerprint density at radius 2 is 1.86 bits per heavy atom. The van der Waals surface area contributed by atoms with E-state index in [2.05, 4.69) is 10.3 Å². The second-order valence-electron chi connectivity index (χ2n) is 4.90. The predicted molar refractivity (Wildman–Crippen MR) is 82.4 cm³/mol. The predicted octanol–water partition coefficient (Wildman–Crippen LogP) is 2.28. The fraction of sp³-hybridized carbons (Fsp3) is 0.125. The molecule has 0 aliphatic carbocycles. The van der Waals surface area contributed by atoms with E-state index in [0.29, 0.717) is 0 Å². The molecule has 2 N–H and O–H groups in total. The number of aromatic nitrogens is 2. The maximum absolute atomic E-state index is 12.1. The normalized spacial score (nSPS) is 10.7. The molecule has 5 heteroatoms. The van der Waals surface area contributed by atoms with Gasteiger partial charge in [-0.15, -0.1) is 0 Å². The van der Waals surface area contributed by atoms with Crippen LogP contribution in [0.5, 0.6) is 0 Å². The minimum Gasteiger partial charge on any atom is -0.324 e. The van der Waals surface area contributed by atoms with Gasteiger partial charge in [-0.1, -0.05) is 30.3 Å². The van der Waals surface area contributed by atoms with Crippen molar-refractivity contribution in [3.63, 3.8) is 0 Å². The van der Waals surface area contributed by atoms with Gasteiger partial charge in [-0.3, -0.25) is 9.36 Å².